The Morgan fingerprint density at radius 1 is 1.00 bits per heavy atom. The fraction of sp³-hybridized carbons (Fsp3) is 0.412. The van der Waals surface area contributed by atoms with Crippen molar-refractivity contribution in [3.8, 4) is 17.2 Å². The Labute approximate surface area is 313 Å². The van der Waals surface area contributed by atoms with Gasteiger partial charge >= 0.3 is 11.4 Å². The Morgan fingerprint density at radius 3 is 2.35 bits per heavy atom. The number of likely N-dealkylation sites (tertiary alicyclic amines) is 1. The summed E-state index contributed by atoms with van der Waals surface area (Å²) in [7, 11) is 4.56. The van der Waals surface area contributed by atoms with Crippen LogP contribution in [-0.4, -0.2) is 87.9 Å². The van der Waals surface area contributed by atoms with Gasteiger partial charge in [-0.1, -0.05) is 34.1 Å². The van der Waals surface area contributed by atoms with E-state index in [2.05, 4.69) is 20.9 Å². The second-order valence-electron chi connectivity index (χ2n) is 12.7. The van der Waals surface area contributed by atoms with E-state index in [9.17, 15) is 29.1 Å². The molecule has 1 aliphatic carbocycles. The third kappa shape index (κ3) is 5.09. The first kappa shape index (κ1) is 36.0. The number of hydrogen-bond donors (Lipinski definition) is 1. The number of fused-ring (bicyclic) bond motifs is 5. The van der Waals surface area contributed by atoms with Crippen molar-refractivity contribution >= 4 is 62.0 Å². The predicted octanol–water partition coefficient (Wildman–Crippen LogP) is 2.03. The van der Waals surface area contributed by atoms with Gasteiger partial charge in [0.25, 0.3) is 17.4 Å². The molecule has 4 aromatic rings. The zero-order valence-corrected chi connectivity index (χ0v) is 31.3. The number of allylic oxidation sites excluding steroid dienone is 2. The number of hydrogen-bond acceptors (Lipinski definition) is 10. The smallest absolute Gasteiger partial charge is 0.347 e. The maximum atomic E-state index is 14.2. The SMILES string of the molecule is COc1cc2nc(CCn3c(=O)n4n(c3=O)C3CC5(Cl)C(=O)N(CBr)C(=O)C5(Cl)C(c5ccc(OCCO)cc5)C3=CC4)c(=O)n(C)c2cc1OC. The molecule has 1 saturated heterocycles. The number of halogens is 3. The van der Waals surface area contributed by atoms with E-state index in [1.807, 2.05) is 0 Å². The van der Waals surface area contributed by atoms with Crippen molar-refractivity contribution in [3.05, 3.63) is 90.6 Å². The molecule has 0 bridgehead atoms. The maximum absolute atomic E-state index is 14.2. The summed E-state index contributed by atoms with van der Waals surface area (Å²) in [6, 6.07) is 9.02. The van der Waals surface area contributed by atoms with Crippen molar-refractivity contribution in [2.75, 3.05) is 32.9 Å². The van der Waals surface area contributed by atoms with Gasteiger partial charge in [-0.05, 0) is 23.3 Å². The van der Waals surface area contributed by atoms with E-state index in [0.29, 0.717) is 39.4 Å². The summed E-state index contributed by atoms with van der Waals surface area (Å²) in [6.07, 6.45) is 1.44. The highest BCUT2D eigenvalue weighted by molar-refractivity contribution is 9.09. The monoisotopic (exact) mass is 818 g/mol. The number of amides is 2. The van der Waals surface area contributed by atoms with E-state index in [4.69, 9.17) is 37.4 Å². The first-order valence-electron chi connectivity index (χ1n) is 16.2. The Hall–Kier alpha value is -4.38. The first-order valence-corrected chi connectivity index (χ1v) is 18.1. The van der Waals surface area contributed by atoms with Crippen molar-refractivity contribution in [2.24, 2.45) is 7.05 Å². The third-order valence-electron chi connectivity index (χ3n) is 10.2. The molecular weight excluding hydrogens is 787 g/mol. The molecule has 0 spiro atoms. The molecule has 1 saturated carbocycles. The van der Waals surface area contributed by atoms with E-state index < -0.39 is 50.5 Å². The number of ether oxygens (including phenoxy) is 3. The second kappa shape index (κ2) is 13.2. The summed E-state index contributed by atoms with van der Waals surface area (Å²) >= 11 is 17.7. The van der Waals surface area contributed by atoms with Crippen molar-refractivity contribution in [1.29, 1.82) is 0 Å². The summed E-state index contributed by atoms with van der Waals surface area (Å²) in [5.41, 5.74) is 0.277. The van der Waals surface area contributed by atoms with Crippen LogP contribution in [0.1, 0.15) is 29.6 Å². The second-order valence-corrected chi connectivity index (χ2v) is 14.4. The van der Waals surface area contributed by atoms with Crippen molar-refractivity contribution in [1.82, 2.24) is 28.4 Å². The first-order chi connectivity index (χ1) is 24.9. The summed E-state index contributed by atoms with van der Waals surface area (Å²) in [5, 5.41) is 9.17. The minimum atomic E-state index is -2.00. The number of carbonyl (C=O) groups is 2. The molecule has 4 atom stereocenters. The number of methoxy groups -OCH3 is 2. The molecule has 1 N–H and O–H groups in total. The zero-order valence-electron chi connectivity index (χ0n) is 28.2. The minimum absolute atomic E-state index is 0.0364. The summed E-state index contributed by atoms with van der Waals surface area (Å²) in [5.74, 6) is -1.11. The number of aliphatic hydroxyl groups is 1. The summed E-state index contributed by atoms with van der Waals surface area (Å²) in [6.45, 7) is -0.327. The van der Waals surface area contributed by atoms with Crippen LogP contribution >= 0.6 is 39.1 Å². The van der Waals surface area contributed by atoms with Crippen LogP contribution in [0, 0.1) is 0 Å². The van der Waals surface area contributed by atoms with Crippen LogP contribution in [0.15, 0.2) is 62.4 Å². The Balaban J connectivity index is 1.29. The third-order valence-corrected chi connectivity index (χ3v) is 12.1. The van der Waals surface area contributed by atoms with E-state index in [1.165, 1.54) is 28.2 Å². The average Bonchev–Trinajstić information content (AvgIpc) is 3.47. The molecule has 7 rings (SSSR count). The molecular formula is C34H33BrCl2N6O9. The highest BCUT2D eigenvalue weighted by atomic mass is 79.9. The van der Waals surface area contributed by atoms with Crippen LogP contribution in [-0.2, 0) is 36.1 Å². The van der Waals surface area contributed by atoms with E-state index in [0.717, 1.165) is 9.47 Å². The minimum Gasteiger partial charge on any atom is -0.493 e. The van der Waals surface area contributed by atoms with Gasteiger partial charge < -0.3 is 23.9 Å². The number of aromatic nitrogens is 5. The summed E-state index contributed by atoms with van der Waals surface area (Å²) in [4.78, 5) is 70.8. The lowest BCUT2D eigenvalue weighted by Crippen LogP contribution is -2.59. The highest BCUT2D eigenvalue weighted by Gasteiger charge is 2.75. The number of benzene rings is 2. The zero-order chi connectivity index (χ0) is 37.3. The molecule has 2 fully saturated rings. The number of aliphatic hydroxyl groups excluding tert-OH is 1. The molecule has 52 heavy (non-hydrogen) atoms. The van der Waals surface area contributed by atoms with Gasteiger partial charge in [0.2, 0.25) is 0 Å². The standard InChI is InChI=1S/C34H33BrCl2N6O9/c1-39-23-15-26(51-3)25(50-2)14-22(23)38-21(28(39)45)9-10-40-31(48)42-11-8-20-24(43(42)32(40)49)16-33(36)29(46)41(17-35)30(47)34(33,37)27(20)18-4-6-19(7-5-18)52-13-12-44/h4-8,14-15,24,27,44H,9-13,16-17H2,1-3H3. The van der Waals surface area contributed by atoms with Crippen LogP contribution < -0.4 is 31.1 Å². The molecule has 4 heterocycles. The Kier molecular flexibility index (Phi) is 9.16. The molecule has 18 heteroatoms. The molecule has 3 aliphatic rings. The molecule has 2 aromatic carbocycles. The summed E-state index contributed by atoms with van der Waals surface area (Å²) < 4.78 is 21.2. The van der Waals surface area contributed by atoms with Gasteiger partial charge in [0, 0.05) is 44.5 Å². The number of rotatable bonds is 10. The Morgan fingerprint density at radius 2 is 1.69 bits per heavy atom. The molecule has 2 aliphatic heterocycles. The quantitative estimate of drug-likeness (QED) is 0.108. The van der Waals surface area contributed by atoms with Crippen molar-refractivity contribution < 1.29 is 28.9 Å². The van der Waals surface area contributed by atoms with Gasteiger partial charge in [0.1, 0.15) is 18.1 Å². The van der Waals surface area contributed by atoms with Gasteiger partial charge in [-0.2, -0.15) is 0 Å². The van der Waals surface area contributed by atoms with Crippen LogP contribution in [0.2, 0.25) is 0 Å². The fourth-order valence-electron chi connectivity index (χ4n) is 7.64. The number of imide groups is 1. The van der Waals surface area contributed by atoms with E-state index >= 15 is 0 Å². The van der Waals surface area contributed by atoms with Crippen LogP contribution in [0.4, 0.5) is 0 Å². The van der Waals surface area contributed by atoms with Gasteiger partial charge in [-0.15, -0.1) is 23.2 Å². The van der Waals surface area contributed by atoms with Gasteiger partial charge in [-0.3, -0.25) is 19.3 Å². The van der Waals surface area contributed by atoms with Gasteiger partial charge in [0.15, 0.2) is 21.2 Å². The number of carbonyl (C=O) groups excluding carboxylic acids is 2. The lowest BCUT2D eigenvalue weighted by atomic mass is 9.64. The number of aryl methyl sites for hydroxylation is 2. The maximum Gasteiger partial charge on any atom is 0.347 e. The molecule has 0 radical (unpaired) electrons. The van der Waals surface area contributed by atoms with Crippen LogP contribution in [0.5, 0.6) is 17.2 Å². The normalized spacial score (nSPS) is 23.7. The molecule has 15 nitrogen and oxygen atoms in total. The number of nitrogens with zero attached hydrogens (tertiary/aromatic N) is 6. The molecule has 274 valence electrons. The molecule has 2 aromatic heterocycles. The fourth-order valence-corrected chi connectivity index (χ4v) is 9.04. The highest BCUT2D eigenvalue weighted by Crippen LogP contribution is 2.63. The lowest BCUT2D eigenvalue weighted by Gasteiger charge is -2.49. The van der Waals surface area contributed by atoms with Crippen LogP contribution in [0.3, 0.4) is 0 Å². The van der Waals surface area contributed by atoms with Gasteiger partial charge in [-0.25, -0.2) is 28.5 Å². The Bertz CT molecular complexity index is 2350. The van der Waals surface area contributed by atoms with E-state index in [-0.39, 0.29) is 50.3 Å². The van der Waals surface area contributed by atoms with Crippen molar-refractivity contribution in [3.63, 3.8) is 0 Å². The lowest BCUT2D eigenvalue weighted by molar-refractivity contribution is -0.138. The van der Waals surface area contributed by atoms with Crippen LogP contribution in [0.25, 0.3) is 11.0 Å². The largest absolute Gasteiger partial charge is 0.493 e. The van der Waals surface area contributed by atoms with E-state index in [1.54, 1.807) is 49.5 Å². The topological polar surface area (TPSA) is 169 Å². The average molecular weight is 820 g/mol. The van der Waals surface area contributed by atoms with Crippen molar-refractivity contribution in [2.45, 2.75) is 47.6 Å². The predicted molar refractivity (Wildman–Crippen MR) is 193 cm³/mol. The molecule has 4 unspecified atom stereocenters. The number of alkyl halides is 3. The van der Waals surface area contributed by atoms with Gasteiger partial charge in [0.05, 0.1) is 49.9 Å². The molecule has 2 amide bonds.